The summed E-state index contributed by atoms with van der Waals surface area (Å²) in [6, 6.07) is 13.6. The van der Waals surface area contributed by atoms with Crippen LogP contribution in [0.25, 0.3) is 10.9 Å². The number of amides is 2. The molecule has 2 amide bonds. The number of carbonyl (C=O) groups excluding carboxylic acids is 2. The molecule has 0 saturated carbocycles. The number of hydrogen-bond donors (Lipinski definition) is 1. The molecular formula is C22H24N4O2S. The van der Waals surface area contributed by atoms with Crippen LogP contribution in [-0.4, -0.2) is 46.0 Å². The van der Waals surface area contributed by atoms with Gasteiger partial charge >= 0.3 is 0 Å². The first-order chi connectivity index (χ1) is 13.8. The molecule has 0 unspecified atom stereocenters. The van der Waals surface area contributed by atoms with Gasteiger partial charge in [-0.2, -0.15) is 0 Å². The van der Waals surface area contributed by atoms with E-state index in [0.717, 1.165) is 32.7 Å². The number of thioether (sulfide) groups is 1. The van der Waals surface area contributed by atoms with Crippen molar-refractivity contribution in [2.24, 2.45) is 0 Å². The van der Waals surface area contributed by atoms with Gasteiger partial charge in [0.1, 0.15) is 10.9 Å². The minimum Gasteiger partial charge on any atom is -0.336 e. The Morgan fingerprint density at radius 1 is 1.07 bits per heavy atom. The number of nitrogens with zero attached hydrogens (tertiary/aromatic N) is 3. The molecule has 0 atom stereocenters. The first-order valence-corrected chi connectivity index (χ1v) is 10.3. The fourth-order valence-corrected chi connectivity index (χ4v) is 3.88. The van der Waals surface area contributed by atoms with E-state index in [4.69, 9.17) is 0 Å². The zero-order valence-electron chi connectivity index (χ0n) is 17.0. The summed E-state index contributed by atoms with van der Waals surface area (Å²) < 4.78 is 0. The third-order valence-corrected chi connectivity index (χ3v) is 5.46. The molecule has 3 rings (SSSR count). The van der Waals surface area contributed by atoms with Gasteiger partial charge in [-0.05, 0) is 44.0 Å². The topological polar surface area (TPSA) is 75.2 Å². The lowest BCUT2D eigenvalue weighted by Crippen LogP contribution is -2.36. The minimum atomic E-state index is -0.220. The molecular weight excluding hydrogens is 384 g/mol. The number of anilines is 1. The zero-order chi connectivity index (χ0) is 21.0. The Morgan fingerprint density at radius 3 is 2.62 bits per heavy atom. The molecule has 29 heavy (non-hydrogen) atoms. The molecule has 0 aliphatic heterocycles. The van der Waals surface area contributed by atoms with Crippen LogP contribution in [0, 0.1) is 20.8 Å². The van der Waals surface area contributed by atoms with E-state index in [0.29, 0.717) is 5.82 Å². The normalized spacial score (nSPS) is 10.8. The average Bonchev–Trinajstić information content (AvgIpc) is 2.68. The largest absolute Gasteiger partial charge is 0.336 e. The smallest absolute Gasteiger partial charge is 0.243 e. The first kappa shape index (κ1) is 20.8. The Balaban J connectivity index is 1.60. The maximum absolute atomic E-state index is 12.5. The fraction of sp³-hybridized carbons (Fsp3) is 0.273. The van der Waals surface area contributed by atoms with Crippen LogP contribution in [-0.2, 0) is 9.59 Å². The number of carbonyl (C=O) groups is 2. The third kappa shape index (κ3) is 5.32. The summed E-state index contributed by atoms with van der Waals surface area (Å²) in [6.07, 6.45) is 0. The van der Waals surface area contributed by atoms with Crippen LogP contribution in [0.1, 0.15) is 17.0 Å². The highest BCUT2D eigenvalue weighted by Crippen LogP contribution is 2.25. The van der Waals surface area contributed by atoms with Crippen molar-refractivity contribution in [2.75, 3.05) is 24.7 Å². The lowest BCUT2D eigenvalue weighted by atomic mass is 10.1. The van der Waals surface area contributed by atoms with Gasteiger partial charge in [-0.1, -0.05) is 42.1 Å². The number of hydrogen-bond acceptors (Lipinski definition) is 5. The zero-order valence-corrected chi connectivity index (χ0v) is 17.8. The van der Waals surface area contributed by atoms with Crippen molar-refractivity contribution in [1.29, 1.82) is 0 Å². The number of fused-ring (bicyclic) bond motifs is 1. The molecule has 1 aromatic heterocycles. The molecule has 0 spiro atoms. The summed E-state index contributed by atoms with van der Waals surface area (Å²) in [7, 11) is 1.63. The van der Waals surface area contributed by atoms with Gasteiger partial charge in [0.15, 0.2) is 0 Å². The molecule has 3 aromatic rings. The molecule has 0 aliphatic carbocycles. The van der Waals surface area contributed by atoms with Crippen LogP contribution in [0.15, 0.2) is 47.5 Å². The molecule has 1 N–H and O–H groups in total. The lowest BCUT2D eigenvalue weighted by molar-refractivity contribution is -0.131. The molecule has 6 nitrogen and oxygen atoms in total. The Labute approximate surface area is 174 Å². The second-order valence-electron chi connectivity index (χ2n) is 7.00. The van der Waals surface area contributed by atoms with Gasteiger partial charge in [0.05, 0.1) is 17.8 Å². The van der Waals surface area contributed by atoms with Gasteiger partial charge < -0.3 is 10.2 Å². The predicted octanol–water partition coefficient (Wildman–Crippen LogP) is 3.74. The maximum atomic E-state index is 12.5. The second kappa shape index (κ2) is 9.05. The van der Waals surface area contributed by atoms with Gasteiger partial charge in [0.25, 0.3) is 0 Å². The second-order valence-corrected chi connectivity index (χ2v) is 7.96. The molecule has 7 heteroatoms. The highest BCUT2D eigenvalue weighted by molar-refractivity contribution is 8.00. The summed E-state index contributed by atoms with van der Waals surface area (Å²) in [5.74, 6) is 0.516. The van der Waals surface area contributed by atoms with E-state index >= 15 is 0 Å². The molecule has 0 aliphatic rings. The monoisotopic (exact) mass is 408 g/mol. The van der Waals surface area contributed by atoms with Gasteiger partial charge in [-0.15, -0.1) is 0 Å². The highest BCUT2D eigenvalue weighted by atomic mass is 32.2. The van der Waals surface area contributed by atoms with Gasteiger partial charge in [-0.25, -0.2) is 9.97 Å². The fourth-order valence-electron chi connectivity index (χ4n) is 2.87. The van der Waals surface area contributed by atoms with E-state index in [9.17, 15) is 9.59 Å². The van der Waals surface area contributed by atoms with Crippen molar-refractivity contribution < 1.29 is 9.59 Å². The van der Waals surface area contributed by atoms with Crippen LogP contribution in [0.3, 0.4) is 0 Å². The average molecular weight is 409 g/mol. The molecule has 150 valence electrons. The third-order valence-electron chi connectivity index (χ3n) is 4.49. The SMILES string of the molecule is Cc1ccc(C)c(NC(=O)CN(C)C(=O)CSc2nc(C)nc3ccccc23)c1. The maximum Gasteiger partial charge on any atom is 0.243 e. The van der Waals surface area contributed by atoms with Crippen molar-refractivity contribution in [3.05, 3.63) is 59.4 Å². The van der Waals surface area contributed by atoms with Crippen LogP contribution in [0.4, 0.5) is 5.69 Å². The Kier molecular flexibility index (Phi) is 6.49. The van der Waals surface area contributed by atoms with E-state index in [-0.39, 0.29) is 24.1 Å². The quantitative estimate of drug-likeness (QED) is 0.497. The first-order valence-electron chi connectivity index (χ1n) is 9.31. The summed E-state index contributed by atoms with van der Waals surface area (Å²) in [5, 5.41) is 4.58. The molecule has 0 radical (unpaired) electrons. The van der Waals surface area contributed by atoms with Crippen LogP contribution in [0.2, 0.25) is 0 Å². The number of rotatable bonds is 6. The summed E-state index contributed by atoms with van der Waals surface area (Å²) in [6.45, 7) is 5.74. The van der Waals surface area contributed by atoms with E-state index in [1.807, 2.05) is 63.2 Å². The standard InChI is InChI=1S/C22H24N4O2S/c1-14-9-10-15(2)19(11-14)25-20(27)12-26(4)21(28)13-29-22-17-7-5-6-8-18(17)23-16(3)24-22/h5-11H,12-13H2,1-4H3,(H,25,27). The minimum absolute atomic E-state index is 0.00365. The molecule has 2 aromatic carbocycles. The number of nitrogens with one attached hydrogen (secondary N) is 1. The van der Waals surface area contributed by atoms with Crippen LogP contribution in [0.5, 0.6) is 0 Å². The van der Waals surface area contributed by atoms with Gasteiger partial charge in [0.2, 0.25) is 11.8 Å². The summed E-state index contributed by atoms with van der Waals surface area (Å²) in [4.78, 5) is 35.2. The lowest BCUT2D eigenvalue weighted by Gasteiger charge is -2.17. The van der Waals surface area contributed by atoms with E-state index < -0.39 is 0 Å². The van der Waals surface area contributed by atoms with E-state index in [2.05, 4.69) is 15.3 Å². The number of benzene rings is 2. The van der Waals surface area contributed by atoms with Crippen molar-refractivity contribution in [3.63, 3.8) is 0 Å². The van der Waals surface area contributed by atoms with E-state index in [1.165, 1.54) is 16.7 Å². The molecule has 1 heterocycles. The Bertz CT molecular complexity index is 1070. The Morgan fingerprint density at radius 2 is 1.83 bits per heavy atom. The predicted molar refractivity (Wildman–Crippen MR) is 117 cm³/mol. The number of para-hydroxylation sites is 1. The van der Waals surface area contributed by atoms with Crippen LogP contribution < -0.4 is 5.32 Å². The van der Waals surface area contributed by atoms with Crippen molar-refractivity contribution in [2.45, 2.75) is 25.8 Å². The Hall–Kier alpha value is -2.93. The number of likely N-dealkylation sites (N-methyl/N-ethyl adjacent to an activating group) is 1. The van der Waals surface area contributed by atoms with Crippen molar-refractivity contribution in [1.82, 2.24) is 14.9 Å². The summed E-state index contributed by atoms with van der Waals surface area (Å²) in [5.41, 5.74) is 3.68. The van der Waals surface area contributed by atoms with Gasteiger partial charge in [0, 0.05) is 18.1 Å². The molecule has 0 saturated heterocycles. The number of aryl methyl sites for hydroxylation is 3. The molecule has 0 bridgehead atoms. The highest BCUT2D eigenvalue weighted by Gasteiger charge is 2.15. The van der Waals surface area contributed by atoms with E-state index in [1.54, 1.807) is 7.05 Å². The molecule has 0 fully saturated rings. The van der Waals surface area contributed by atoms with Crippen molar-refractivity contribution >= 4 is 40.2 Å². The van der Waals surface area contributed by atoms with Crippen LogP contribution >= 0.6 is 11.8 Å². The van der Waals surface area contributed by atoms with Gasteiger partial charge in [-0.3, -0.25) is 9.59 Å². The number of aromatic nitrogens is 2. The summed E-state index contributed by atoms with van der Waals surface area (Å²) >= 11 is 1.36. The van der Waals surface area contributed by atoms with Crippen molar-refractivity contribution in [3.8, 4) is 0 Å².